The molecule has 1 atom stereocenters. The Balaban J connectivity index is 1.89. The normalized spacial score (nSPS) is 17.2. The summed E-state index contributed by atoms with van der Waals surface area (Å²) in [5.41, 5.74) is 2.23. The minimum Gasteiger partial charge on any atom is -0.503 e. The number of hydrogen-bond acceptors (Lipinski definition) is 7. The standard InChI is InChI=1S/C17H10BrN3O3S2/c18-10-4-1-3-9(7-10)13-12(14(22)11-5-2-6-25-11)15(23)16(24)21(13)17-20-19-8-26-17/h1-8,13,23H/t13-/m1/s1. The van der Waals surface area contributed by atoms with E-state index in [2.05, 4.69) is 26.1 Å². The monoisotopic (exact) mass is 447 g/mol. The van der Waals surface area contributed by atoms with E-state index in [0.29, 0.717) is 15.6 Å². The first-order valence-electron chi connectivity index (χ1n) is 7.44. The minimum atomic E-state index is -0.775. The molecule has 4 rings (SSSR count). The average molecular weight is 448 g/mol. The first kappa shape index (κ1) is 17.1. The van der Waals surface area contributed by atoms with E-state index in [0.717, 1.165) is 15.8 Å². The molecule has 3 heterocycles. The van der Waals surface area contributed by atoms with Crippen LogP contribution in [0.15, 0.2) is 63.1 Å². The summed E-state index contributed by atoms with van der Waals surface area (Å²) in [5.74, 6) is -1.59. The Kier molecular flexibility index (Phi) is 4.43. The molecule has 0 saturated carbocycles. The molecule has 0 bridgehead atoms. The zero-order chi connectivity index (χ0) is 18.3. The van der Waals surface area contributed by atoms with Crippen molar-refractivity contribution in [2.45, 2.75) is 6.04 Å². The molecule has 1 aliphatic rings. The van der Waals surface area contributed by atoms with Crippen molar-refractivity contribution in [2.24, 2.45) is 0 Å². The summed E-state index contributed by atoms with van der Waals surface area (Å²) in [6, 6.07) is 9.92. The summed E-state index contributed by atoms with van der Waals surface area (Å²) in [6.07, 6.45) is 0. The number of halogens is 1. The van der Waals surface area contributed by atoms with E-state index < -0.39 is 17.7 Å². The van der Waals surface area contributed by atoms with E-state index in [4.69, 9.17) is 0 Å². The van der Waals surface area contributed by atoms with Crippen LogP contribution >= 0.6 is 38.6 Å². The van der Waals surface area contributed by atoms with Gasteiger partial charge in [-0.1, -0.05) is 45.5 Å². The van der Waals surface area contributed by atoms with Gasteiger partial charge in [0.05, 0.1) is 16.5 Å². The Morgan fingerprint density at radius 3 is 2.73 bits per heavy atom. The Morgan fingerprint density at radius 2 is 2.08 bits per heavy atom. The van der Waals surface area contributed by atoms with Gasteiger partial charge in [-0.3, -0.25) is 14.5 Å². The quantitative estimate of drug-likeness (QED) is 0.607. The van der Waals surface area contributed by atoms with Crippen molar-refractivity contribution in [1.29, 1.82) is 0 Å². The van der Waals surface area contributed by atoms with Crippen molar-refractivity contribution >= 4 is 55.4 Å². The van der Waals surface area contributed by atoms with Crippen LogP contribution in [-0.2, 0) is 4.79 Å². The highest BCUT2D eigenvalue weighted by Crippen LogP contribution is 2.42. The lowest BCUT2D eigenvalue weighted by atomic mass is 9.96. The maximum atomic E-state index is 13.0. The second kappa shape index (κ2) is 6.75. The molecule has 2 aromatic heterocycles. The molecule has 130 valence electrons. The van der Waals surface area contributed by atoms with Gasteiger partial charge in [0.15, 0.2) is 5.76 Å². The molecule has 26 heavy (non-hydrogen) atoms. The number of aromatic nitrogens is 2. The molecule has 0 fully saturated rings. The van der Waals surface area contributed by atoms with Crippen molar-refractivity contribution in [2.75, 3.05) is 4.90 Å². The molecular formula is C17H10BrN3O3S2. The highest BCUT2D eigenvalue weighted by molar-refractivity contribution is 9.10. The van der Waals surface area contributed by atoms with Gasteiger partial charge in [0.1, 0.15) is 5.51 Å². The summed E-state index contributed by atoms with van der Waals surface area (Å²) in [6.45, 7) is 0. The number of nitrogens with zero attached hydrogens (tertiary/aromatic N) is 3. The van der Waals surface area contributed by atoms with Gasteiger partial charge in [0, 0.05) is 4.47 Å². The third kappa shape index (κ3) is 2.77. The summed E-state index contributed by atoms with van der Waals surface area (Å²) in [7, 11) is 0. The molecule has 0 aliphatic carbocycles. The maximum absolute atomic E-state index is 13.0. The maximum Gasteiger partial charge on any atom is 0.296 e. The van der Waals surface area contributed by atoms with Gasteiger partial charge < -0.3 is 5.11 Å². The van der Waals surface area contributed by atoms with Crippen LogP contribution in [0.1, 0.15) is 21.3 Å². The van der Waals surface area contributed by atoms with Crippen LogP contribution in [0, 0.1) is 0 Å². The average Bonchev–Trinajstić information content (AvgIpc) is 3.37. The van der Waals surface area contributed by atoms with Crippen LogP contribution in [0.2, 0.25) is 0 Å². The predicted molar refractivity (Wildman–Crippen MR) is 103 cm³/mol. The number of anilines is 1. The summed E-state index contributed by atoms with van der Waals surface area (Å²) in [4.78, 5) is 27.5. The number of rotatable bonds is 4. The number of benzene rings is 1. The van der Waals surface area contributed by atoms with Gasteiger partial charge in [-0.05, 0) is 29.1 Å². The van der Waals surface area contributed by atoms with E-state index in [-0.39, 0.29) is 11.4 Å². The van der Waals surface area contributed by atoms with Crippen LogP contribution in [-0.4, -0.2) is 27.0 Å². The van der Waals surface area contributed by atoms with Gasteiger partial charge in [-0.25, -0.2) is 0 Å². The fraction of sp³-hybridized carbons (Fsp3) is 0.0588. The SMILES string of the molecule is O=C(C1=C(O)C(=O)N(c2nncs2)[C@@H]1c1cccc(Br)c1)c1cccs1. The molecule has 9 heteroatoms. The predicted octanol–water partition coefficient (Wildman–Crippen LogP) is 4.15. The number of Topliss-reactive ketones (excluding diaryl/α,β-unsaturated/α-hetero) is 1. The van der Waals surface area contributed by atoms with E-state index in [1.807, 2.05) is 18.2 Å². The molecule has 0 unspecified atom stereocenters. The van der Waals surface area contributed by atoms with E-state index in [1.165, 1.54) is 21.7 Å². The van der Waals surface area contributed by atoms with Gasteiger partial charge >= 0.3 is 0 Å². The molecule has 1 aliphatic heterocycles. The van der Waals surface area contributed by atoms with Crippen LogP contribution in [0.25, 0.3) is 0 Å². The lowest BCUT2D eigenvalue weighted by Gasteiger charge is -2.24. The van der Waals surface area contributed by atoms with E-state index in [1.54, 1.807) is 23.6 Å². The second-order valence-corrected chi connectivity index (χ2v) is 8.10. The van der Waals surface area contributed by atoms with Gasteiger partial charge in [0.25, 0.3) is 5.91 Å². The van der Waals surface area contributed by atoms with Gasteiger partial charge in [0.2, 0.25) is 10.9 Å². The Hall–Kier alpha value is -2.36. The third-order valence-corrected chi connectivity index (χ3v) is 5.97. The van der Waals surface area contributed by atoms with Crippen LogP contribution < -0.4 is 4.90 Å². The molecule has 0 spiro atoms. The summed E-state index contributed by atoms with van der Waals surface area (Å²) < 4.78 is 0.800. The number of aliphatic hydroxyl groups excluding tert-OH is 1. The highest BCUT2D eigenvalue weighted by atomic mass is 79.9. The smallest absolute Gasteiger partial charge is 0.296 e. The molecule has 1 aromatic carbocycles. The van der Waals surface area contributed by atoms with Crippen LogP contribution in [0.3, 0.4) is 0 Å². The number of amides is 1. The van der Waals surface area contributed by atoms with Crippen molar-refractivity contribution < 1.29 is 14.7 Å². The van der Waals surface area contributed by atoms with Crippen molar-refractivity contribution in [3.63, 3.8) is 0 Å². The first-order chi connectivity index (χ1) is 12.6. The summed E-state index contributed by atoms with van der Waals surface area (Å²) >= 11 is 5.84. The van der Waals surface area contributed by atoms with Crippen molar-refractivity contribution in [1.82, 2.24) is 10.2 Å². The molecule has 3 aromatic rings. The first-order valence-corrected chi connectivity index (χ1v) is 9.99. The van der Waals surface area contributed by atoms with Gasteiger partial charge in [-0.15, -0.1) is 21.5 Å². The second-order valence-electron chi connectivity index (χ2n) is 5.42. The number of carbonyl (C=O) groups excluding carboxylic acids is 2. The Labute approximate surface area is 164 Å². The number of ketones is 1. The number of aliphatic hydroxyl groups is 1. The molecule has 0 radical (unpaired) electrons. The summed E-state index contributed by atoms with van der Waals surface area (Å²) in [5, 5.41) is 20.3. The highest BCUT2D eigenvalue weighted by Gasteiger charge is 2.46. The number of carbonyl (C=O) groups is 2. The van der Waals surface area contributed by atoms with E-state index in [9.17, 15) is 14.7 Å². The number of thiophene rings is 1. The van der Waals surface area contributed by atoms with Crippen LogP contribution in [0.4, 0.5) is 5.13 Å². The number of hydrogen-bond donors (Lipinski definition) is 1. The van der Waals surface area contributed by atoms with Crippen LogP contribution in [0.5, 0.6) is 0 Å². The largest absolute Gasteiger partial charge is 0.503 e. The van der Waals surface area contributed by atoms with Crippen molar-refractivity contribution in [3.05, 3.63) is 73.5 Å². The molecule has 1 amide bonds. The lowest BCUT2D eigenvalue weighted by molar-refractivity contribution is -0.117. The van der Waals surface area contributed by atoms with Crippen molar-refractivity contribution in [3.8, 4) is 0 Å². The molecule has 0 saturated heterocycles. The molecule has 6 nitrogen and oxygen atoms in total. The Bertz CT molecular complexity index is 1020. The Morgan fingerprint density at radius 1 is 1.23 bits per heavy atom. The molecule has 1 N–H and O–H groups in total. The topological polar surface area (TPSA) is 83.4 Å². The fourth-order valence-electron chi connectivity index (χ4n) is 2.84. The van der Waals surface area contributed by atoms with E-state index >= 15 is 0 Å². The zero-order valence-electron chi connectivity index (χ0n) is 13.0. The fourth-order valence-corrected chi connectivity index (χ4v) is 4.52. The minimum absolute atomic E-state index is 0.0470. The lowest BCUT2D eigenvalue weighted by Crippen LogP contribution is -2.31. The third-order valence-electron chi connectivity index (χ3n) is 3.92. The van der Waals surface area contributed by atoms with Gasteiger partial charge in [-0.2, -0.15) is 0 Å². The molecular weight excluding hydrogens is 438 g/mol. The zero-order valence-corrected chi connectivity index (χ0v) is 16.2.